The van der Waals surface area contributed by atoms with E-state index < -0.39 is 0 Å². The molecule has 8 nitrogen and oxygen atoms in total. The van der Waals surface area contributed by atoms with Gasteiger partial charge in [-0.1, -0.05) is 25.4 Å². The van der Waals surface area contributed by atoms with Crippen molar-refractivity contribution in [3.8, 4) is 11.3 Å². The number of hydrogen-bond acceptors (Lipinski definition) is 8. The van der Waals surface area contributed by atoms with Crippen LogP contribution in [-0.2, 0) is 4.74 Å². The Morgan fingerprint density at radius 2 is 1.89 bits per heavy atom. The summed E-state index contributed by atoms with van der Waals surface area (Å²) < 4.78 is 5.42. The minimum Gasteiger partial charge on any atom is -0.378 e. The summed E-state index contributed by atoms with van der Waals surface area (Å²) in [6.45, 7) is 6.83. The maximum atomic E-state index is 6.42. The molecule has 0 spiro atoms. The second-order valence-corrected chi connectivity index (χ2v) is 7.02. The Bertz CT molecular complexity index is 989. The zero-order valence-corrected chi connectivity index (χ0v) is 15.9. The fraction of sp³-hybridized carbons (Fsp3) is 0.389. The molecular formula is C18H20ClN7O. The predicted octanol–water partition coefficient (Wildman–Crippen LogP) is 2.68. The Hall–Kier alpha value is -2.58. The second-order valence-electron chi connectivity index (χ2n) is 6.66. The molecule has 1 aliphatic heterocycles. The van der Waals surface area contributed by atoms with E-state index in [0.717, 1.165) is 11.3 Å². The minimum absolute atomic E-state index is 0.173. The predicted molar refractivity (Wildman–Crippen MR) is 105 cm³/mol. The average molecular weight is 386 g/mol. The van der Waals surface area contributed by atoms with E-state index in [2.05, 4.69) is 38.7 Å². The lowest BCUT2D eigenvalue weighted by Crippen LogP contribution is -2.37. The minimum atomic E-state index is 0.173. The molecule has 0 bridgehead atoms. The van der Waals surface area contributed by atoms with Crippen LogP contribution in [0.5, 0.6) is 0 Å². The van der Waals surface area contributed by atoms with Crippen molar-refractivity contribution in [2.75, 3.05) is 36.9 Å². The first-order valence-electron chi connectivity index (χ1n) is 8.82. The van der Waals surface area contributed by atoms with Gasteiger partial charge in [-0.05, 0) is 18.1 Å². The Morgan fingerprint density at radius 1 is 1.11 bits per heavy atom. The van der Waals surface area contributed by atoms with Crippen molar-refractivity contribution in [3.05, 3.63) is 29.2 Å². The largest absolute Gasteiger partial charge is 0.378 e. The van der Waals surface area contributed by atoms with Crippen LogP contribution in [0.25, 0.3) is 22.4 Å². The summed E-state index contributed by atoms with van der Waals surface area (Å²) in [5.41, 5.74) is 9.19. The Kier molecular flexibility index (Phi) is 4.75. The molecule has 0 aromatic carbocycles. The van der Waals surface area contributed by atoms with Crippen LogP contribution in [0.2, 0.25) is 5.15 Å². The molecular weight excluding hydrogens is 366 g/mol. The van der Waals surface area contributed by atoms with Gasteiger partial charge in [0.25, 0.3) is 0 Å². The SMILES string of the molecule is CC(C)c1ccc(-c2cnc3nc(N)nc(N4CCOCC4)c3n2)c(Cl)n1. The molecule has 0 aliphatic carbocycles. The molecule has 0 amide bonds. The molecule has 0 saturated carbocycles. The first-order valence-corrected chi connectivity index (χ1v) is 9.20. The number of nitrogens with zero attached hydrogens (tertiary/aromatic N) is 6. The lowest BCUT2D eigenvalue weighted by Gasteiger charge is -2.28. The van der Waals surface area contributed by atoms with E-state index in [9.17, 15) is 0 Å². The number of nitrogens with two attached hydrogens (primary N) is 1. The monoisotopic (exact) mass is 385 g/mol. The number of halogens is 1. The molecule has 0 radical (unpaired) electrons. The summed E-state index contributed by atoms with van der Waals surface area (Å²) in [5.74, 6) is 1.13. The Balaban J connectivity index is 1.83. The van der Waals surface area contributed by atoms with E-state index >= 15 is 0 Å². The highest BCUT2D eigenvalue weighted by Gasteiger charge is 2.20. The van der Waals surface area contributed by atoms with Gasteiger partial charge in [-0.2, -0.15) is 9.97 Å². The fourth-order valence-electron chi connectivity index (χ4n) is 3.00. The number of hydrogen-bond donors (Lipinski definition) is 1. The number of aromatic nitrogens is 5. The van der Waals surface area contributed by atoms with E-state index in [0.29, 0.717) is 60.0 Å². The van der Waals surface area contributed by atoms with Gasteiger partial charge < -0.3 is 15.4 Å². The molecule has 4 rings (SSSR count). The summed E-state index contributed by atoms with van der Waals surface area (Å²) in [6, 6.07) is 3.88. The Labute approximate surface area is 161 Å². The highest BCUT2D eigenvalue weighted by molar-refractivity contribution is 6.32. The van der Waals surface area contributed by atoms with E-state index in [4.69, 9.17) is 27.1 Å². The second kappa shape index (κ2) is 7.21. The summed E-state index contributed by atoms with van der Waals surface area (Å²) in [6.07, 6.45) is 1.63. The molecule has 0 unspecified atom stereocenters. The van der Waals surface area contributed by atoms with Crippen LogP contribution in [0.1, 0.15) is 25.5 Å². The van der Waals surface area contributed by atoms with E-state index in [1.54, 1.807) is 6.20 Å². The molecule has 3 aromatic heterocycles. The van der Waals surface area contributed by atoms with Gasteiger partial charge >= 0.3 is 0 Å². The zero-order valence-electron chi connectivity index (χ0n) is 15.2. The van der Waals surface area contributed by atoms with Gasteiger partial charge in [0.1, 0.15) is 5.15 Å². The van der Waals surface area contributed by atoms with Gasteiger partial charge in [-0.3, -0.25) is 0 Å². The summed E-state index contributed by atoms with van der Waals surface area (Å²) in [7, 11) is 0. The molecule has 3 aromatic rings. The molecule has 1 fully saturated rings. The van der Waals surface area contributed by atoms with E-state index in [1.807, 2.05) is 12.1 Å². The molecule has 2 N–H and O–H groups in total. The Morgan fingerprint density at radius 3 is 2.59 bits per heavy atom. The topological polar surface area (TPSA) is 103 Å². The molecule has 0 atom stereocenters. The number of anilines is 2. The smallest absolute Gasteiger partial charge is 0.224 e. The van der Waals surface area contributed by atoms with Gasteiger partial charge in [-0.25, -0.2) is 15.0 Å². The number of nitrogen functional groups attached to an aromatic ring is 1. The van der Waals surface area contributed by atoms with Gasteiger partial charge in [0.15, 0.2) is 17.0 Å². The number of pyridine rings is 1. The van der Waals surface area contributed by atoms with Crippen molar-refractivity contribution in [2.24, 2.45) is 0 Å². The molecule has 140 valence electrons. The van der Waals surface area contributed by atoms with Crippen molar-refractivity contribution in [1.29, 1.82) is 0 Å². The van der Waals surface area contributed by atoms with Gasteiger partial charge in [0.05, 0.1) is 25.1 Å². The lowest BCUT2D eigenvalue weighted by atomic mass is 10.1. The van der Waals surface area contributed by atoms with Crippen LogP contribution in [0.4, 0.5) is 11.8 Å². The van der Waals surface area contributed by atoms with Crippen molar-refractivity contribution in [3.63, 3.8) is 0 Å². The maximum Gasteiger partial charge on any atom is 0.224 e. The van der Waals surface area contributed by atoms with Crippen LogP contribution in [0.3, 0.4) is 0 Å². The molecule has 4 heterocycles. The summed E-state index contributed by atoms with van der Waals surface area (Å²) >= 11 is 6.42. The van der Waals surface area contributed by atoms with Gasteiger partial charge in [0, 0.05) is 24.3 Å². The van der Waals surface area contributed by atoms with Crippen molar-refractivity contribution in [1.82, 2.24) is 24.9 Å². The number of fused-ring (bicyclic) bond motifs is 1. The number of rotatable bonds is 3. The maximum absolute atomic E-state index is 6.42. The average Bonchev–Trinajstić information content (AvgIpc) is 2.67. The quantitative estimate of drug-likeness (QED) is 0.686. The third-order valence-electron chi connectivity index (χ3n) is 4.45. The van der Waals surface area contributed by atoms with Crippen LogP contribution >= 0.6 is 11.6 Å². The van der Waals surface area contributed by atoms with Crippen molar-refractivity contribution < 1.29 is 4.74 Å². The number of ether oxygens (including phenoxy) is 1. The van der Waals surface area contributed by atoms with Crippen LogP contribution in [-0.4, -0.2) is 51.2 Å². The van der Waals surface area contributed by atoms with Gasteiger partial charge in [0.2, 0.25) is 5.95 Å². The fourth-order valence-corrected chi connectivity index (χ4v) is 3.25. The lowest BCUT2D eigenvalue weighted by molar-refractivity contribution is 0.122. The van der Waals surface area contributed by atoms with Crippen LogP contribution < -0.4 is 10.6 Å². The first kappa shape index (κ1) is 17.8. The summed E-state index contributed by atoms with van der Waals surface area (Å²) in [5, 5.41) is 0.402. The molecule has 27 heavy (non-hydrogen) atoms. The van der Waals surface area contributed by atoms with Crippen LogP contribution in [0.15, 0.2) is 18.3 Å². The third-order valence-corrected chi connectivity index (χ3v) is 4.74. The number of morpholine rings is 1. The third kappa shape index (κ3) is 3.50. The molecule has 1 saturated heterocycles. The standard InChI is InChI=1S/C18H20ClN7O/c1-10(2)12-4-3-11(15(19)23-12)13-9-21-16-14(22-13)17(25-18(20)24-16)26-5-7-27-8-6-26/h3-4,9-10H,5-8H2,1-2H3,(H2,20,21,24,25). The molecule has 9 heteroatoms. The summed E-state index contributed by atoms with van der Waals surface area (Å²) in [4.78, 5) is 24.4. The highest BCUT2D eigenvalue weighted by atomic mass is 35.5. The molecule has 1 aliphatic rings. The van der Waals surface area contributed by atoms with E-state index in [1.165, 1.54) is 0 Å². The van der Waals surface area contributed by atoms with Gasteiger partial charge in [-0.15, -0.1) is 0 Å². The van der Waals surface area contributed by atoms with Crippen molar-refractivity contribution >= 4 is 34.5 Å². The van der Waals surface area contributed by atoms with Crippen molar-refractivity contribution in [2.45, 2.75) is 19.8 Å². The highest BCUT2D eigenvalue weighted by Crippen LogP contribution is 2.30. The zero-order chi connectivity index (χ0) is 19.0. The first-order chi connectivity index (χ1) is 13.0. The van der Waals surface area contributed by atoms with E-state index in [-0.39, 0.29) is 5.95 Å². The van der Waals surface area contributed by atoms with Crippen LogP contribution in [0, 0.1) is 0 Å². The normalized spacial score (nSPS) is 14.9.